The molecule has 0 radical (unpaired) electrons. The fraction of sp³-hybridized carbons (Fsp3) is 0.462. The molecule has 1 saturated carbocycles. The zero-order valence-electron chi connectivity index (χ0n) is 9.19. The summed E-state index contributed by atoms with van der Waals surface area (Å²) in [5.41, 5.74) is 1.30. The van der Waals surface area contributed by atoms with Gasteiger partial charge in [0, 0.05) is 8.96 Å². The number of rotatable bonds is 1. The van der Waals surface area contributed by atoms with Gasteiger partial charge in [0.15, 0.2) is 0 Å². The van der Waals surface area contributed by atoms with Crippen molar-refractivity contribution in [2.45, 2.75) is 38.1 Å². The van der Waals surface area contributed by atoms with Crippen molar-refractivity contribution in [3.8, 4) is 0 Å². The summed E-state index contributed by atoms with van der Waals surface area (Å²) in [7, 11) is 0. The maximum Gasteiger partial charge on any atom is 0.0686 e. The van der Waals surface area contributed by atoms with Gasteiger partial charge in [-0.05, 0) is 53.6 Å². The maximum absolute atomic E-state index is 4.57. The van der Waals surface area contributed by atoms with Crippen molar-refractivity contribution in [1.82, 2.24) is 9.78 Å². The van der Waals surface area contributed by atoms with Crippen molar-refractivity contribution < 1.29 is 0 Å². The van der Waals surface area contributed by atoms with Crippen LogP contribution in [0.5, 0.6) is 0 Å². The first-order chi connectivity index (χ1) is 7.84. The van der Waals surface area contributed by atoms with Gasteiger partial charge in [-0.25, -0.2) is 0 Å². The summed E-state index contributed by atoms with van der Waals surface area (Å²) in [6.07, 6.45) is 8.71. The van der Waals surface area contributed by atoms with E-state index in [4.69, 9.17) is 0 Å². The number of benzene rings is 1. The number of hydrogen-bond acceptors (Lipinski definition) is 1. The van der Waals surface area contributed by atoms with Crippen molar-refractivity contribution in [2.24, 2.45) is 0 Å². The van der Waals surface area contributed by atoms with Crippen molar-refractivity contribution in [2.75, 3.05) is 0 Å². The molecular formula is C13H15IN2. The Morgan fingerprint density at radius 2 is 2.00 bits per heavy atom. The van der Waals surface area contributed by atoms with Crippen LogP contribution in [0.15, 0.2) is 24.4 Å². The van der Waals surface area contributed by atoms with Crippen molar-refractivity contribution >= 4 is 33.5 Å². The van der Waals surface area contributed by atoms with Crippen LogP contribution in [0.2, 0.25) is 0 Å². The van der Waals surface area contributed by atoms with Crippen LogP contribution in [0, 0.1) is 3.57 Å². The van der Waals surface area contributed by atoms with Crippen molar-refractivity contribution in [3.63, 3.8) is 0 Å². The minimum absolute atomic E-state index is 0.631. The van der Waals surface area contributed by atoms with Crippen LogP contribution in [0.25, 0.3) is 10.9 Å². The highest BCUT2D eigenvalue weighted by atomic mass is 127. The first-order valence-corrected chi connectivity index (χ1v) is 7.05. The average Bonchev–Trinajstić information content (AvgIpc) is 2.73. The van der Waals surface area contributed by atoms with Gasteiger partial charge in [0.1, 0.15) is 0 Å². The van der Waals surface area contributed by atoms with Gasteiger partial charge < -0.3 is 0 Å². The van der Waals surface area contributed by atoms with E-state index in [1.807, 2.05) is 6.20 Å². The molecule has 0 amide bonds. The minimum atomic E-state index is 0.631. The van der Waals surface area contributed by atoms with E-state index in [9.17, 15) is 0 Å². The summed E-state index contributed by atoms with van der Waals surface area (Å²) in [4.78, 5) is 0. The van der Waals surface area contributed by atoms with E-state index in [-0.39, 0.29) is 0 Å². The summed E-state index contributed by atoms with van der Waals surface area (Å²) < 4.78 is 3.53. The fourth-order valence-electron chi connectivity index (χ4n) is 2.64. The van der Waals surface area contributed by atoms with E-state index < -0.39 is 0 Å². The molecule has 1 aliphatic carbocycles. The first-order valence-electron chi connectivity index (χ1n) is 5.97. The monoisotopic (exact) mass is 326 g/mol. The molecule has 0 saturated heterocycles. The number of halogens is 1. The number of fused-ring (bicyclic) bond motifs is 1. The second-order valence-electron chi connectivity index (χ2n) is 4.58. The maximum atomic E-state index is 4.57. The third kappa shape index (κ3) is 1.85. The zero-order valence-corrected chi connectivity index (χ0v) is 11.4. The molecule has 2 aromatic rings. The molecule has 0 spiro atoms. The van der Waals surface area contributed by atoms with Crippen molar-refractivity contribution in [1.29, 1.82) is 0 Å². The second kappa shape index (κ2) is 4.35. The van der Waals surface area contributed by atoms with Crippen LogP contribution in [0.1, 0.15) is 38.1 Å². The molecule has 1 aromatic carbocycles. The van der Waals surface area contributed by atoms with Gasteiger partial charge in [0.2, 0.25) is 0 Å². The predicted molar refractivity (Wildman–Crippen MR) is 74.6 cm³/mol. The smallest absolute Gasteiger partial charge is 0.0686 e. The molecule has 1 aromatic heterocycles. The molecule has 3 rings (SSSR count). The summed E-state index contributed by atoms with van der Waals surface area (Å²) in [5, 5.41) is 5.85. The molecule has 3 heteroatoms. The van der Waals surface area contributed by atoms with Gasteiger partial charge in [0.05, 0.1) is 17.8 Å². The molecule has 2 nitrogen and oxygen atoms in total. The zero-order chi connectivity index (χ0) is 11.0. The van der Waals surface area contributed by atoms with E-state index in [0.29, 0.717) is 6.04 Å². The molecule has 16 heavy (non-hydrogen) atoms. The van der Waals surface area contributed by atoms with Crippen LogP contribution in [-0.2, 0) is 0 Å². The Balaban J connectivity index is 2.03. The van der Waals surface area contributed by atoms with Crippen LogP contribution < -0.4 is 0 Å². The number of aromatic nitrogens is 2. The fourth-order valence-corrected chi connectivity index (χ4v) is 3.16. The summed E-state index contributed by atoms with van der Waals surface area (Å²) in [6.45, 7) is 0. The molecule has 1 fully saturated rings. The Kier molecular flexibility index (Phi) is 2.88. The SMILES string of the molecule is Ic1ccc2c(cnn2C2CCCCC2)c1. The lowest BCUT2D eigenvalue weighted by atomic mass is 9.95. The molecule has 0 bridgehead atoms. The Bertz CT molecular complexity index is 498. The molecule has 0 atom stereocenters. The van der Waals surface area contributed by atoms with E-state index in [2.05, 4.69) is 50.6 Å². The summed E-state index contributed by atoms with van der Waals surface area (Å²) in [5.74, 6) is 0. The lowest BCUT2D eigenvalue weighted by molar-refractivity contribution is 0.337. The molecule has 1 heterocycles. The van der Waals surface area contributed by atoms with Crippen LogP contribution in [0.4, 0.5) is 0 Å². The highest BCUT2D eigenvalue weighted by Gasteiger charge is 2.17. The lowest BCUT2D eigenvalue weighted by Gasteiger charge is -2.22. The van der Waals surface area contributed by atoms with Crippen LogP contribution in [-0.4, -0.2) is 9.78 Å². The first kappa shape index (κ1) is 10.6. The third-order valence-corrected chi connectivity index (χ3v) is 4.15. The van der Waals surface area contributed by atoms with E-state index >= 15 is 0 Å². The van der Waals surface area contributed by atoms with Crippen LogP contribution in [0.3, 0.4) is 0 Å². The highest BCUT2D eigenvalue weighted by molar-refractivity contribution is 14.1. The minimum Gasteiger partial charge on any atom is -0.262 e. The van der Waals surface area contributed by atoms with Gasteiger partial charge in [-0.3, -0.25) is 4.68 Å². The number of nitrogens with zero attached hydrogens (tertiary/aromatic N) is 2. The summed E-state index contributed by atoms with van der Waals surface area (Å²) in [6, 6.07) is 7.22. The highest BCUT2D eigenvalue weighted by Crippen LogP contribution is 2.30. The molecule has 1 aliphatic rings. The molecule has 0 N–H and O–H groups in total. The summed E-state index contributed by atoms with van der Waals surface area (Å²) >= 11 is 2.35. The number of hydrogen-bond donors (Lipinski definition) is 0. The lowest BCUT2D eigenvalue weighted by Crippen LogP contribution is -2.13. The predicted octanol–water partition coefficient (Wildman–Crippen LogP) is 4.15. The molecular weight excluding hydrogens is 311 g/mol. The standard InChI is InChI=1S/C13H15IN2/c14-11-6-7-13-10(8-11)9-15-16(13)12-4-2-1-3-5-12/h6-9,12H,1-5H2. The quantitative estimate of drug-likeness (QED) is 0.720. The van der Waals surface area contributed by atoms with Gasteiger partial charge in [-0.15, -0.1) is 0 Å². The molecule has 0 unspecified atom stereocenters. The Labute approximate surface area is 109 Å². The molecule has 84 valence electrons. The van der Waals surface area contributed by atoms with E-state index in [1.165, 1.54) is 46.6 Å². The van der Waals surface area contributed by atoms with Gasteiger partial charge in [-0.2, -0.15) is 5.10 Å². The van der Waals surface area contributed by atoms with E-state index in [1.54, 1.807) is 0 Å². The Morgan fingerprint density at radius 3 is 2.81 bits per heavy atom. The third-order valence-electron chi connectivity index (χ3n) is 3.48. The second-order valence-corrected chi connectivity index (χ2v) is 5.83. The van der Waals surface area contributed by atoms with Gasteiger partial charge >= 0.3 is 0 Å². The average molecular weight is 326 g/mol. The van der Waals surface area contributed by atoms with Crippen LogP contribution >= 0.6 is 22.6 Å². The largest absolute Gasteiger partial charge is 0.262 e. The topological polar surface area (TPSA) is 17.8 Å². The Morgan fingerprint density at radius 1 is 1.19 bits per heavy atom. The normalized spacial score (nSPS) is 18.1. The van der Waals surface area contributed by atoms with E-state index in [0.717, 1.165) is 0 Å². The van der Waals surface area contributed by atoms with Gasteiger partial charge in [0.25, 0.3) is 0 Å². The molecule has 0 aliphatic heterocycles. The van der Waals surface area contributed by atoms with Gasteiger partial charge in [-0.1, -0.05) is 19.3 Å². The Hall–Kier alpha value is -0.580. The van der Waals surface area contributed by atoms with Crippen molar-refractivity contribution in [3.05, 3.63) is 28.0 Å².